The molecular weight excluding hydrogens is 239 g/mol. The van der Waals surface area contributed by atoms with Gasteiger partial charge < -0.3 is 5.32 Å². The van der Waals surface area contributed by atoms with Crippen molar-refractivity contribution in [2.24, 2.45) is 0 Å². The van der Waals surface area contributed by atoms with Crippen molar-refractivity contribution in [3.8, 4) is 0 Å². The van der Waals surface area contributed by atoms with Crippen LogP contribution in [0.25, 0.3) is 0 Å². The summed E-state index contributed by atoms with van der Waals surface area (Å²) in [6.07, 6.45) is -3.61. The van der Waals surface area contributed by atoms with Crippen LogP contribution in [0.3, 0.4) is 0 Å². The van der Waals surface area contributed by atoms with Crippen LogP contribution in [0.5, 0.6) is 0 Å². The van der Waals surface area contributed by atoms with E-state index in [4.69, 9.17) is 0 Å². The van der Waals surface area contributed by atoms with Gasteiger partial charge in [0.25, 0.3) is 0 Å². The highest BCUT2D eigenvalue weighted by molar-refractivity contribution is 5.35. The molecule has 18 heavy (non-hydrogen) atoms. The minimum absolute atomic E-state index is 0.371. The second-order valence-corrected chi connectivity index (χ2v) is 5.03. The molecule has 0 aromatic heterocycles. The normalized spacial score (nSPS) is 12.8. The van der Waals surface area contributed by atoms with Gasteiger partial charge in [0.15, 0.2) is 0 Å². The van der Waals surface area contributed by atoms with Crippen LogP contribution in [-0.4, -0.2) is 13.1 Å². The van der Waals surface area contributed by atoms with Gasteiger partial charge in [0, 0.05) is 0 Å². The number of benzene rings is 1. The first kappa shape index (κ1) is 15.0. The summed E-state index contributed by atoms with van der Waals surface area (Å²) < 4.78 is 38.9. The van der Waals surface area contributed by atoms with Gasteiger partial charge in [-0.3, -0.25) is 0 Å². The van der Waals surface area contributed by atoms with Gasteiger partial charge >= 0.3 is 6.18 Å². The molecule has 0 aliphatic rings. The zero-order valence-corrected chi connectivity index (χ0v) is 11.1. The van der Waals surface area contributed by atoms with Gasteiger partial charge in [-0.25, -0.2) is 0 Å². The molecule has 1 aromatic carbocycles. The molecule has 0 unspecified atom stereocenters. The summed E-state index contributed by atoms with van der Waals surface area (Å²) in [6, 6.07) is 5.84. The molecule has 0 spiro atoms. The average molecular weight is 259 g/mol. The molecule has 0 aliphatic carbocycles. The van der Waals surface area contributed by atoms with E-state index in [1.54, 1.807) is 12.1 Å². The maximum atomic E-state index is 13.0. The van der Waals surface area contributed by atoms with Crippen molar-refractivity contribution in [1.82, 2.24) is 5.32 Å². The number of nitrogens with one attached hydrogen (secondary N) is 1. The lowest BCUT2D eigenvalue weighted by molar-refractivity contribution is -0.138. The van der Waals surface area contributed by atoms with Gasteiger partial charge in [-0.15, -0.1) is 0 Å². The third kappa shape index (κ3) is 3.73. The molecule has 102 valence electrons. The molecule has 0 atom stereocenters. The van der Waals surface area contributed by atoms with E-state index in [-0.39, 0.29) is 0 Å². The van der Waals surface area contributed by atoms with Gasteiger partial charge in [-0.1, -0.05) is 39.0 Å². The van der Waals surface area contributed by atoms with Crippen molar-refractivity contribution >= 4 is 0 Å². The smallest absolute Gasteiger partial charge is 0.317 e. The Morgan fingerprint density at radius 3 is 2.11 bits per heavy atom. The first-order chi connectivity index (χ1) is 8.29. The molecule has 0 fully saturated rings. The topological polar surface area (TPSA) is 12.0 Å². The van der Waals surface area contributed by atoms with Crippen LogP contribution in [0.2, 0.25) is 0 Å². The number of alkyl halides is 3. The van der Waals surface area contributed by atoms with Crippen LogP contribution in [0, 0.1) is 0 Å². The van der Waals surface area contributed by atoms with Crippen LogP contribution in [-0.2, 0) is 11.6 Å². The lowest BCUT2D eigenvalue weighted by Crippen LogP contribution is -2.27. The van der Waals surface area contributed by atoms with Gasteiger partial charge in [0.1, 0.15) is 0 Å². The molecule has 0 radical (unpaired) electrons. The van der Waals surface area contributed by atoms with Crippen LogP contribution in [0.4, 0.5) is 13.2 Å². The summed E-state index contributed by atoms with van der Waals surface area (Å²) >= 11 is 0. The Balaban J connectivity index is 3.00. The second-order valence-electron chi connectivity index (χ2n) is 5.03. The summed E-state index contributed by atoms with van der Waals surface area (Å²) in [4.78, 5) is 0. The van der Waals surface area contributed by atoms with E-state index < -0.39 is 17.2 Å². The molecule has 0 heterocycles. The molecule has 1 N–H and O–H groups in total. The molecule has 0 bridgehead atoms. The predicted octanol–water partition coefficient (Wildman–Crippen LogP) is 3.98. The van der Waals surface area contributed by atoms with Gasteiger partial charge in [0.05, 0.1) is 5.56 Å². The molecule has 0 aliphatic heterocycles. The fourth-order valence-electron chi connectivity index (χ4n) is 2.03. The summed E-state index contributed by atoms with van der Waals surface area (Å²) in [5.41, 5.74) is -0.643. The lowest BCUT2D eigenvalue weighted by Gasteiger charge is -2.28. The number of rotatable bonds is 5. The van der Waals surface area contributed by atoms with E-state index in [0.29, 0.717) is 12.0 Å². The minimum Gasteiger partial charge on any atom is -0.317 e. The average Bonchev–Trinajstić information content (AvgIpc) is 2.28. The van der Waals surface area contributed by atoms with Crippen molar-refractivity contribution in [1.29, 1.82) is 0 Å². The zero-order valence-electron chi connectivity index (χ0n) is 11.1. The SMILES string of the molecule is CCNCCC(C)(C)c1ccccc1C(F)(F)F. The third-order valence-corrected chi connectivity index (χ3v) is 3.14. The maximum Gasteiger partial charge on any atom is 0.416 e. The molecule has 1 aromatic rings. The molecule has 1 rings (SSSR count). The molecule has 0 saturated carbocycles. The van der Waals surface area contributed by atoms with Crippen molar-refractivity contribution in [3.63, 3.8) is 0 Å². The quantitative estimate of drug-likeness (QED) is 0.789. The fraction of sp³-hybridized carbons (Fsp3) is 0.571. The number of halogens is 3. The molecular formula is C14H20F3N. The molecule has 0 saturated heterocycles. The number of hydrogen-bond donors (Lipinski definition) is 1. The Bertz CT molecular complexity index is 383. The van der Waals surface area contributed by atoms with Gasteiger partial charge in [-0.2, -0.15) is 13.2 Å². The van der Waals surface area contributed by atoms with E-state index in [9.17, 15) is 13.2 Å². The molecule has 0 amide bonds. The standard InChI is InChI=1S/C14H20F3N/c1-4-18-10-9-13(2,3)11-7-5-6-8-12(11)14(15,16)17/h5-8,18H,4,9-10H2,1-3H3. The molecule has 4 heteroatoms. The lowest BCUT2D eigenvalue weighted by atomic mass is 9.79. The predicted molar refractivity (Wildman–Crippen MR) is 67.6 cm³/mol. The fourth-order valence-corrected chi connectivity index (χ4v) is 2.03. The third-order valence-electron chi connectivity index (χ3n) is 3.14. The monoisotopic (exact) mass is 259 g/mol. The summed E-state index contributed by atoms with van der Waals surface area (Å²) in [5.74, 6) is 0. The molecule has 1 nitrogen and oxygen atoms in total. The Hall–Kier alpha value is -1.03. The summed E-state index contributed by atoms with van der Waals surface area (Å²) in [6.45, 7) is 7.24. The maximum absolute atomic E-state index is 13.0. The van der Waals surface area contributed by atoms with Crippen LogP contribution < -0.4 is 5.32 Å². The first-order valence-corrected chi connectivity index (χ1v) is 6.16. The first-order valence-electron chi connectivity index (χ1n) is 6.16. The van der Waals surface area contributed by atoms with Crippen LogP contribution in [0.15, 0.2) is 24.3 Å². The Labute approximate surface area is 106 Å². The van der Waals surface area contributed by atoms with E-state index in [1.807, 2.05) is 20.8 Å². The van der Waals surface area contributed by atoms with Crippen LogP contribution in [0.1, 0.15) is 38.3 Å². The summed E-state index contributed by atoms with van der Waals surface area (Å²) in [5, 5.41) is 3.15. The Morgan fingerprint density at radius 1 is 1.06 bits per heavy atom. The Kier molecular flexibility index (Phi) is 4.79. The van der Waals surface area contributed by atoms with E-state index in [1.165, 1.54) is 6.07 Å². The highest BCUT2D eigenvalue weighted by Crippen LogP contribution is 2.38. The summed E-state index contributed by atoms with van der Waals surface area (Å²) in [7, 11) is 0. The van der Waals surface area contributed by atoms with Crippen molar-refractivity contribution in [3.05, 3.63) is 35.4 Å². The van der Waals surface area contributed by atoms with Crippen molar-refractivity contribution in [2.75, 3.05) is 13.1 Å². The Morgan fingerprint density at radius 2 is 1.61 bits per heavy atom. The van der Waals surface area contributed by atoms with Gasteiger partial charge in [-0.05, 0) is 36.6 Å². The highest BCUT2D eigenvalue weighted by atomic mass is 19.4. The number of hydrogen-bond acceptors (Lipinski definition) is 1. The largest absolute Gasteiger partial charge is 0.416 e. The van der Waals surface area contributed by atoms with Crippen molar-refractivity contribution < 1.29 is 13.2 Å². The van der Waals surface area contributed by atoms with Crippen molar-refractivity contribution in [2.45, 2.75) is 38.8 Å². The van der Waals surface area contributed by atoms with Crippen LogP contribution >= 0.6 is 0 Å². The zero-order chi connectivity index (χ0) is 13.8. The van der Waals surface area contributed by atoms with E-state index >= 15 is 0 Å². The van der Waals surface area contributed by atoms with Gasteiger partial charge in [0.2, 0.25) is 0 Å². The second kappa shape index (κ2) is 5.74. The van der Waals surface area contributed by atoms with E-state index in [2.05, 4.69) is 5.32 Å². The highest BCUT2D eigenvalue weighted by Gasteiger charge is 2.37. The van der Waals surface area contributed by atoms with E-state index in [0.717, 1.165) is 19.2 Å². The minimum atomic E-state index is -4.29.